The van der Waals surface area contributed by atoms with Gasteiger partial charge in [-0.05, 0) is 6.07 Å². The summed E-state index contributed by atoms with van der Waals surface area (Å²) in [6.07, 6.45) is 3.49. The van der Waals surface area contributed by atoms with E-state index in [1.54, 1.807) is 53.4 Å². The number of pyridine rings is 1. The van der Waals surface area contributed by atoms with Gasteiger partial charge in [0, 0.05) is 17.7 Å². The van der Waals surface area contributed by atoms with Gasteiger partial charge in [0.1, 0.15) is 11.7 Å². The van der Waals surface area contributed by atoms with E-state index < -0.39 is 29.7 Å². The van der Waals surface area contributed by atoms with Crippen molar-refractivity contribution in [3.05, 3.63) is 60.4 Å². The number of amides is 2. The lowest BCUT2D eigenvalue weighted by molar-refractivity contribution is -0.713. The number of benzene rings is 1. The number of aromatic nitrogens is 1. The second kappa shape index (κ2) is 6.50. The van der Waals surface area contributed by atoms with E-state index in [9.17, 15) is 14.9 Å². The highest BCUT2D eigenvalue weighted by Crippen LogP contribution is 2.40. The first-order valence-corrected chi connectivity index (χ1v) is 7.50. The van der Waals surface area contributed by atoms with Gasteiger partial charge in [0.15, 0.2) is 12.4 Å². The van der Waals surface area contributed by atoms with Crippen molar-refractivity contribution in [1.29, 1.82) is 5.26 Å². The maximum atomic E-state index is 12.5. The number of nitrogens with zero attached hydrogens (tertiary/aromatic N) is 2. The van der Waals surface area contributed by atoms with Gasteiger partial charge in [0.2, 0.25) is 11.9 Å². The lowest BCUT2D eigenvalue weighted by Gasteiger charge is -2.30. The summed E-state index contributed by atoms with van der Waals surface area (Å²) in [5, 5.41) is 11.8. The molecule has 0 radical (unpaired) electrons. The molecule has 1 aliphatic heterocycles. The van der Waals surface area contributed by atoms with Gasteiger partial charge >= 0.3 is 0 Å². The molecule has 0 bridgehead atoms. The van der Waals surface area contributed by atoms with Crippen molar-refractivity contribution >= 4 is 11.8 Å². The number of para-hydroxylation sites is 1. The minimum absolute atomic E-state index is 0.432. The number of hydrogen-bond donors (Lipinski definition) is 1. The summed E-state index contributed by atoms with van der Waals surface area (Å²) >= 11 is 0. The Labute approximate surface area is 139 Å². The fraction of sp³-hybridized carbons (Fsp3) is 0.222. The van der Waals surface area contributed by atoms with Crippen LogP contribution in [0.2, 0.25) is 0 Å². The molecule has 24 heavy (non-hydrogen) atoms. The number of rotatable bonds is 3. The largest absolute Gasteiger partial charge is 0.496 e. The lowest BCUT2D eigenvalue weighted by Crippen LogP contribution is -2.59. The van der Waals surface area contributed by atoms with Gasteiger partial charge < -0.3 is 4.74 Å². The molecule has 2 amide bonds. The van der Waals surface area contributed by atoms with Gasteiger partial charge in [0.05, 0.1) is 19.1 Å². The van der Waals surface area contributed by atoms with Crippen molar-refractivity contribution in [3.8, 4) is 11.8 Å². The van der Waals surface area contributed by atoms with E-state index in [0.717, 1.165) is 0 Å². The smallest absolute Gasteiger partial charge is 0.296 e. The third-order valence-electron chi connectivity index (χ3n) is 4.19. The van der Waals surface area contributed by atoms with Gasteiger partial charge in [-0.25, -0.2) is 0 Å². The number of carbonyl (C=O) groups is 2. The molecule has 3 rings (SSSR count). The van der Waals surface area contributed by atoms with Crippen LogP contribution in [0, 0.1) is 17.2 Å². The first-order valence-electron chi connectivity index (χ1n) is 7.50. The summed E-state index contributed by atoms with van der Waals surface area (Å²) in [5.41, 5.74) is 0.663. The molecule has 2 aromatic rings. The second-order valence-electron chi connectivity index (χ2n) is 5.50. The third-order valence-corrected chi connectivity index (χ3v) is 4.19. The molecule has 3 atom stereocenters. The number of piperidine rings is 1. The Morgan fingerprint density at radius 3 is 2.46 bits per heavy atom. The number of carbonyl (C=O) groups excluding carboxylic acids is 2. The van der Waals surface area contributed by atoms with Crippen molar-refractivity contribution in [2.45, 2.75) is 12.0 Å². The van der Waals surface area contributed by atoms with E-state index in [4.69, 9.17) is 4.74 Å². The summed E-state index contributed by atoms with van der Waals surface area (Å²) in [4.78, 5) is 24.7. The van der Waals surface area contributed by atoms with Crippen molar-refractivity contribution in [1.82, 2.24) is 5.32 Å². The first-order chi connectivity index (χ1) is 11.7. The summed E-state index contributed by atoms with van der Waals surface area (Å²) in [7, 11) is 1.52. The Hall–Kier alpha value is -3.20. The zero-order valence-electron chi connectivity index (χ0n) is 13.0. The van der Waals surface area contributed by atoms with E-state index in [1.807, 2.05) is 12.1 Å². The van der Waals surface area contributed by atoms with Gasteiger partial charge in [-0.1, -0.05) is 24.3 Å². The number of nitriles is 1. The normalized spacial score (nSPS) is 23.2. The van der Waals surface area contributed by atoms with Crippen LogP contribution in [0.1, 0.15) is 17.5 Å². The fourth-order valence-corrected chi connectivity index (χ4v) is 3.13. The molecule has 1 aliphatic rings. The molecule has 2 heterocycles. The van der Waals surface area contributed by atoms with Gasteiger partial charge in [0.25, 0.3) is 5.91 Å². The molecule has 1 saturated heterocycles. The van der Waals surface area contributed by atoms with Crippen molar-refractivity contribution < 1.29 is 18.9 Å². The molecule has 120 valence electrons. The molecule has 6 nitrogen and oxygen atoms in total. The SMILES string of the molecule is COc1ccccc1[C@@H]1[C@H](C#N)C(=O)NC(=O)[C@@H]1[n+]1ccccc1. The summed E-state index contributed by atoms with van der Waals surface area (Å²) in [6.45, 7) is 0. The highest BCUT2D eigenvalue weighted by atomic mass is 16.5. The molecule has 1 aromatic carbocycles. The molecule has 1 aromatic heterocycles. The number of hydrogen-bond acceptors (Lipinski definition) is 4. The topological polar surface area (TPSA) is 83.1 Å². The molecule has 6 heteroatoms. The molecular weight excluding hydrogens is 306 g/mol. The van der Waals surface area contributed by atoms with Crippen molar-refractivity contribution in [2.75, 3.05) is 7.11 Å². The monoisotopic (exact) mass is 322 g/mol. The van der Waals surface area contributed by atoms with Crippen LogP contribution in [0.5, 0.6) is 5.75 Å². The van der Waals surface area contributed by atoms with Crippen LogP contribution >= 0.6 is 0 Å². The van der Waals surface area contributed by atoms with Crippen LogP contribution in [-0.4, -0.2) is 18.9 Å². The average molecular weight is 322 g/mol. The predicted octanol–water partition coefficient (Wildman–Crippen LogP) is 1.10. The molecule has 0 aliphatic carbocycles. The Bertz CT molecular complexity index is 814. The zero-order valence-corrected chi connectivity index (χ0v) is 13.0. The Morgan fingerprint density at radius 2 is 1.79 bits per heavy atom. The molecule has 0 spiro atoms. The maximum absolute atomic E-state index is 12.5. The van der Waals surface area contributed by atoms with Gasteiger partial charge in [-0.15, -0.1) is 0 Å². The number of imide groups is 1. The fourth-order valence-electron chi connectivity index (χ4n) is 3.13. The first kappa shape index (κ1) is 15.7. The van der Waals surface area contributed by atoms with E-state index in [-0.39, 0.29) is 0 Å². The quantitative estimate of drug-likeness (QED) is 0.678. The highest BCUT2D eigenvalue weighted by molar-refractivity contribution is 6.02. The Morgan fingerprint density at radius 1 is 1.08 bits per heavy atom. The lowest BCUT2D eigenvalue weighted by atomic mass is 9.77. The van der Waals surface area contributed by atoms with E-state index in [2.05, 4.69) is 5.32 Å². The summed E-state index contributed by atoms with van der Waals surface area (Å²) in [5.74, 6) is -2.09. The summed E-state index contributed by atoms with van der Waals surface area (Å²) in [6, 6.07) is 13.9. The molecule has 1 N–H and O–H groups in total. The second-order valence-corrected chi connectivity index (χ2v) is 5.50. The molecular formula is C18H16N3O3+. The average Bonchev–Trinajstić information content (AvgIpc) is 2.62. The molecule has 0 saturated carbocycles. The van der Waals surface area contributed by atoms with Crippen molar-refractivity contribution in [2.24, 2.45) is 5.92 Å². The third kappa shape index (κ3) is 2.61. The van der Waals surface area contributed by atoms with Crippen LogP contribution in [0.4, 0.5) is 0 Å². The van der Waals surface area contributed by atoms with E-state index in [0.29, 0.717) is 11.3 Å². The van der Waals surface area contributed by atoms with Crippen molar-refractivity contribution in [3.63, 3.8) is 0 Å². The molecule has 0 unspecified atom stereocenters. The van der Waals surface area contributed by atoms with E-state index >= 15 is 0 Å². The maximum Gasteiger partial charge on any atom is 0.296 e. The number of methoxy groups -OCH3 is 1. The predicted molar refractivity (Wildman–Crippen MR) is 83.7 cm³/mol. The van der Waals surface area contributed by atoms with Crippen LogP contribution in [0.3, 0.4) is 0 Å². The van der Waals surface area contributed by atoms with E-state index in [1.165, 1.54) is 7.11 Å². The number of nitrogens with one attached hydrogen (secondary N) is 1. The Balaban J connectivity index is 2.19. The van der Waals surface area contributed by atoms with Crippen LogP contribution in [0.25, 0.3) is 0 Å². The van der Waals surface area contributed by atoms with Crippen LogP contribution in [-0.2, 0) is 9.59 Å². The number of ether oxygens (including phenoxy) is 1. The minimum Gasteiger partial charge on any atom is -0.496 e. The van der Waals surface area contributed by atoms with Gasteiger partial charge in [-0.2, -0.15) is 9.83 Å². The standard InChI is InChI=1S/C18H15N3O3/c1-24-14-8-4-3-7-12(14)15-13(11-19)17(22)20-18(23)16(15)21-9-5-2-6-10-21/h2-10,13,15-16H,1H3/p+1/t13-,15+,16+/m0/s1. The highest BCUT2D eigenvalue weighted by Gasteiger charge is 2.51. The minimum atomic E-state index is -0.989. The summed E-state index contributed by atoms with van der Waals surface area (Å²) < 4.78 is 7.10. The van der Waals surface area contributed by atoms with Crippen LogP contribution in [0.15, 0.2) is 54.9 Å². The Kier molecular flexibility index (Phi) is 4.25. The molecule has 1 fully saturated rings. The van der Waals surface area contributed by atoms with Crippen LogP contribution < -0.4 is 14.6 Å². The van der Waals surface area contributed by atoms with Gasteiger partial charge in [-0.3, -0.25) is 14.9 Å². The zero-order chi connectivity index (χ0) is 17.1.